The van der Waals surface area contributed by atoms with Crippen molar-refractivity contribution >= 4 is 15.7 Å². The first-order chi connectivity index (χ1) is 12.0. The molecule has 2 heterocycles. The Balaban J connectivity index is 1.64. The first-order valence-electron chi connectivity index (χ1n) is 7.83. The van der Waals surface area contributed by atoms with E-state index in [0.717, 1.165) is 12.1 Å². The summed E-state index contributed by atoms with van der Waals surface area (Å²) >= 11 is 0. The lowest BCUT2D eigenvalue weighted by Gasteiger charge is -2.33. The number of benzene rings is 1. The third-order valence-corrected chi connectivity index (χ3v) is 6.06. The highest BCUT2D eigenvalue weighted by Crippen LogP contribution is 2.21. The van der Waals surface area contributed by atoms with E-state index in [1.54, 1.807) is 12.4 Å². The van der Waals surface area contributed by atoms with E-state index >= 15 is 0 Å². The zero-order valence-electron chi connectivity index (χ0n) is 13.5. The van der Waals surface area contributed by atoms with Crippen LogP contribution in [0.25, 0.3) is 0 Å². The Hall–Kier alpha value is -2.36. The molecule has 0 atom stereocenters. The summed E-state index contributed by atoms with van der Waals surface area (Å²) in [6.45, 7) is 2.76. The molecule has 3 rings (SSSR count). The van der Waals surface area contributed by atoms with E-state index in [1.165, 1.54) is 28.6 Å². The van der Waals surface area contributed by atoms with Crippen molar-refractivity contribution in [2.45, 2.75) is 11.4 Å². The Bertz CT molecular complexity index is 832. The molecule has 9 heteroatoms. The Morgan fingerprint density at radius 2 is 1.76 bits per heavy atom. The monoisotopic (exact) mass is 362 g/mol. The predicted molar refractivity (Wildman–Crippen MR) is 91.4 cm³/mol. The summed E-state index contributed by atoms with van der Waals surface area (Å²) in [5, 5.41) is 10.7. The van der Waals surface area contributed by atoms with Crippen molar-refractivity contribution in [1.29, 1.82) is 0 Å². The normalized spacial score (nSPS) is 16.6. The summed E-state index contributed by atoms with van der Waals surface area (Å²) in [7, 11) is -3.63. The van der Waals surface area contributed by atoms with Crippen LogP contribution in [0.15, 0.2) is 53.7 Å². The first-order valence-corrected chi connectivity index (χ1v) is 9.27. The molecule has 0 radical (unpaired) electrons. The summed E-state index contributed by atoms with van der Waals surface area (Å²) in [5.41, 5.74) is 0.967. The maximum atomic E-state index is 12.7. The number of pyridine rings is 1. The molecule has 1 aromatic heterocycles. The third kappa shape index (κ3) is 4.01. The highest BCUT2D eigenvalue weighted by Gasteiger charge is 2.28. The average molecular weight is 362 g/mol. The van der Waals surface area contributed by atoms with Crippen molar-refractivity contribution in [2.24, 2.45) is 0 Å². The van der Waals surface area contributed by atoms with Gasteiger partial charge in [-0.1, -0.05) is 6.07 Å². The van der Waals surface area contributed by atoms with Gasteiger partial charge in [0, 0.05) is 57.3 Å². The number of nitro groups is 1. The van der Waals surface area contributed by atoms with Crippen molar-refractivity contribution in [1.82, 2.24) is 14.2 Å². The van der Waals surface area contributed by atoms with E-state index in [-0.39, 0.29) is 10.6 Å². The summed E-state index contributed by atoms with van der Waals surface area (Å²) < 4.78 is 26.7. The number of hydrogen-bond acceptors (Lipinski definition) is 6. The zero-order chi connectivity index (χ0) is 17.9. The zero-order valence-corrected chi connectivity index (χ0v) is 14.3. The molecule has 25 heavy (non-hydrogen) atoms. The molecule has 0 unspecified atom stereocenters. The molecule has 0 bridgehead atoms. The van der Waals surface area contributed by atoms with Crippen LogP contribution < -0.4 is 0 Å². The number of rotatable bonds is 5. The van der Waals surface area contributed by atoms with Crippen molar-refractivity contribution in [2.75, 3.05) is 26.2 Å². The van der Waals surface area contributed by atoms with E-state index in [1.807, 2.05) is 12.1 Å². The van der Waals surface area contributed by atoms with Crippen LogP contribution in [-0.2, 0) is 16.6 Å². The van der Waals surface area contributed by atoms with Gasteiger partial charge in [-0.3, -0.25) is 20.0 Å². The van der Waals surface area contributed by atoms with E-state index in [0.29, 0.717) is 26.2 Å². The van der Waals surface area contributed by atoms with Crippen molar-refractivity contribution in [3.63, 3.8) is 0 Å². The molecule has 1 saturated heterocycles. The summed E-state index contributed by atoms with van der Waals surface area (Å²) in [6.07, 6.45) is 3.53. The molecule has 0 N–H and O–H groups in total. The minimum Gasteiger partial charge on any atom is -0.296 e. The molecule has 1 aliphatic heterocycles. The molecule has 1 fully saturated rings. The van der Waals surface area contributed by atoms with Gasteiger partial charge >= 0.3 is 0 Å². The van der Waals surface area contributed by atoms with E-state index in [2.05, 4.69) is 9.88 Å². The van der Waals surface area contributed by atoms with Gasteiger partial charge in [0.15, 0.2) is 0 Å². The molecule has 2 aromatic rings. The molecule has 1 aliphatic rings. The average Bonchev–Trinajstić information content (AvgIpc) is 2.63. The number of nitro benzene ring substituents is 1. The first kappa shape index (κ1) is 17.5. The number of sulfonamides is 1. The van der Waals surface area contributed by atoms with E-state index in [9.17, 15) is 18.5 Å². The van der Waals surface area contributed by atoms with Gasteiger partial charge in [-0.2, -0.15) is 4.31 Å². The largest absolute Gasteiger partial charge is 0.296 e. The van der Waals surface area contributed by atoms with Crippen LogP contribution in [0.4, 0.5) is 5.69 Å². The Morgan fingerprint density at radius 1 is 1.08 bits per heavy atom. The highest BCUT2D eigenvalue weighted by atomic mass is 32.2. The van der Waals surface area contributed by atoms with Crippen LogP contribution in [0.5, 0.6) is 0 Å². The van der Waals surface area contributed by atoms with E-state index < -0.39 is 14.9 Å². The predicted octanol–water partition coefficient (Wildman–Crippen LogP) is 1.50. The van der Waals surface area contributed by atoms with Gasteiger partial charge in [0.1, 0.15) is 0 Å². The molecular formula is C16H18N4O4S. The van der Waals surface area contributed by atoms with Crippen molar-refractivity contribution in [3.8, 4) is 0 Å². The van der Waals surface area contributed by atoms with Gasteiger partial charge in [0.05, 0.1) is 9.82 Å². The van der Waals surface area contributed by atoms with Gasteiger partial charge in [0.25, 0.3) is 5.69 Å². The van der Waals surface area contributed by atoms with Crippen LogP contribution in [0.3, 0.4) is 0 Å². The SMILES string of the molecule is O=[N+]([O-])c1ccc(S(=O)(=O)N2CCN(Cc3cccnc3)CC2)cc1. The summed E-state index contributed by atoms with van der Waals surface area (Å²) in [4.78, 5) is 16.5. The second kappa shape index (κ2) is 7.26. The maximum Gasteiger partial charge on any atom is 0.269 e. The smallest absolute Gasteiger partial charge is 0.269 e. The number of aromatic nitrogens is 1. The molecule has 8 nitrogen and oxygen atoms in total. The Morgan fingerprint density at radius 3 is 2.32 bits per heavy atom. The van der Waals surface area contributed by atoms with Crippen molar-refractivity contribution < 1.29 is 13.3 Å². The number of hydrogen-bond donors (Lipinski definition) is 0. The Labute approximate surface area is 145 Å². The number of piperazine rings is 1. The molecule has 0 amide bonds. The van der Waals surface area contributed by atoms with Crippen LogP contribution in [0.2, 0.25) is 0 Å². The molecule has 0 aliphatic carbocycles. The fraction of sp³-hybridized carbons (Fsp3) is 0.312. The maximum absolute atomic E-state index is 12.7. The third-order valence-electron chi connectivity index (χ3n) is 4.15. The lowest BCUT2D eigenvalue weighted by Crippen LogP contribution is -2.48. The van der Waals surface area contributed by atoms with Crippen LogP contribution in [0, 0.1) is 10.1 Å². The Kier molecular flexibility index (Phi) is 5.07. The van der Waals surface area contributed by atoms with E-state index in [4.69, 9.17) is 0 Å². The second-order valence-electron chi connectivity index (χ2n) is 5.79. The standard InChI is InChI=1S/C16H18N4O4S/c21-20(22)15-3-5-16(6-4-15)25(23,24)19-10-8-18(9-11-19)13-14-2-1-7-17-12-14/h1-7,12H,8-11,13H2. The van der Waals surface area contributed by atoms with Gasteiger partial charge in [-0.05, 0) is 23.8 Å². The number of non-ortho nitro benzene ring substituents is 1. The minimum atomic E-state index is -3.63. The fourth-order valence-electron chi connectivity index (χ4n) is 2.77. The summed E-state index contributed by atoms with van der Waals surface area (Å²) in [5.74, 6) is 0. The van der Waals surface area contributed by atoms with Gasteiger partial charge in [-0.15, -0.1) is 0 Å². The lowest BCUT2D eigenvalue weighted by atomic mass is 10.2. The molecule has 0 saturated carbocycles. The topological polar surface area (TPSA) is 96.6 Å². The molecular weight excluding hydrogens is 344 g/mol. The van der Waals surface area contributed by atoms with Gasteiger partial charge < -0.3 is 0 Å². The van der Waals surface area contributed by atoms with Crippen LogP contribution >= 0.6 is 0 Å². The van der Waals surface area contributed by atoms with Crippen molar-refractivity contribution in [3.05, 3.63) is 64.5 Å². The fourth-order valence-corrected chi connectivity index (χ4v) is 4.19. The van der Waals surface area contributed by atoms with Crippen LogP contribution in [0.1, 0.15) is 5.56 Å². The van der Waals surface area contributed by atoms with Gasteiger partial charge in [0.2, 0.25) is 10.0 Å². The minimum absolute atomic E-state index is 0.0822. The second-order valence-corrected chi connectivity index (χ2v) is 7.73. The highest BCUT2D eigenvalue weighted by molar-refractivity contribution is 7.89. The quantitative estimate of drug-likeness (QED) is 0.591. The summed E-state index contributed by atoms with van der Waals surface area (Å²) in [6, 6.07) is 8.87. The lowest BCUT2D eigenvalue weighted by molar-refractivity contribution is -0.384. The molecule has 132 valence electrons. The molecule has 0 spiro atoms. The van der Waals surface area contributed by atoms with Gasteiger partial charge in [-0.25, -0.2) is 8.42 Å². The van der Waals surface area contributed by atoms with Crippen LogP contribution in [-0.4, -0.2) is 53.7 Å². The molecule has 1 aromatic carbocycles. The number of nitrogens with zero attached hydrogens (tertiary/aromatic N) is 4.